The van der Waals surface area contributed by atoms with Gasteiger partial charge >= 0.3 is 52.8 Å². The summed E-state index contributed by atoms with van der Waals surface area (Å²) >= 11 is 0. The molecule has 314 valence electrons. The van der Waals surface area contributed by atoms with Crippen molar-refractivity contribution >= 4 is 142 Å². The Balaban J connectivity index is 0.00000422. The molecule has 0 amide bonds. The molecule has 20 nitrogen and oxygen atoms in total. The van der Waals surface area contributed by atoms with Gasteiger partial charge in [0.05, 0.1) is 18.1 Å². The van der Waals surface area contributed by atoms with Crippen LogP contribution in [0.4, 0.5) is 58.4 Å². The average molecular weight is 897 g/mol. The van der Waals surface area contributed by atoms with E-state index in [9.17, 15) is 36.2 Å². The van der Waals surface area contributed by atoms with Gasteiger partial charge in [0.25, 0.3) is 10.1 Å². The number of nitrogens with one attached hydrogen (secondary N) is 4. The second-order valence-electron chi connectivity index (χ2n) is 12.9. The SMILES string of the molecule is CN(CCO)c1nc(Nc2ccccc2)nc(Nc2ccc(C=Cc3ccc(Nc4nc(Nc5ccccc5)nc(N(C)CCO)n4)cc3S(=O)(=O)O)c(S(=O)(=O)[O-])c2)n1.[H+].[KH]. The van der Waals surface area contributed by atoms with Crippen LogP contribution in [0.2, 0.25) is 0 Å². The van der Waals surface area contributed by atoms with Crippen LogP contribution in [-0.4, -0.2) is 158 Å². The Morgan fingerprint density at radius 3 is 1.30 bits per heavy atom. The number of aromatic nitrogens is 6. The second kappa shape index (κ2) is 21.1. The van der Waals surface area contributed by atoms with Gasteiger partial charge in [-0.3, -0.25) is 4.55 Å². The zero-order valence-corrected chi connectivity index (χ0v) is 33.6. The Hall–Kier alpha value is -5.18. The molecule has 6 aromatic rings. The molecule has 61 heavy (non-hydrogen) atoms. The average Bonchev–Trinajstić information content (AvgIpc) is 3.20. The normalized spacial score (nSPS) is 11.4. The van der Waals surface area contributed by atoms with Crippen molar-refractivity contribution in [3.8, 4) is 0 Å². The molecule has 2 heterocycles. The van der Waals surface area contributed by atoms with Crippen molar-refractivity contribution < 1.29 is 37.6 Å². The van der Waals surface area contributed by atoms with Crippen LogP contribution in [0.1, 0.15) is 12.6 Å². The van der Waals surface area contributed by atoms with Crippen LogP contribution in [0.25, 0.3) is 12.2 Å². The number of nitrogens with zero attached hydrogens (tertiary/aromatic N) is 8. The molecule has 0 unspecified atom stereocenters. The molecule has 23 heteroatoms. The van der Waals surface area contributed by atoms with E-state index in [2.05, 4.69) is 51.2 Å². The fourth-order valence-corrected chi connectivity index (χ4v) is 6.88. The molecule has 0 atom stereocenters. The van der Waals surface area contributed by atoms with E-state index < -0.39 is 30.0 Å². The Kier molecular flexibility index (Phi) is 16.2. The van der Waals surface area contributed by atoms with Gasteiger partial charge in [-0.05, 0) is 59.7 Å². The van der Waals surface area contributed by atoms with Crippen molar-refractivity contribution in [1.29, 1.82) is 0 Å². The van der Waals surface area contributed by atoms with Gasteiger partial charge in [0.1, 0.15) is 15.0 Å². The van der Waals surface area contributed by atoms with E-state index in [-0.39, 0.29) is 137 Å². The first kappa shape index (κ1) is 46.9. The number of aliphatic hydroxyl groups excluding tert-OH is 2. The number of anilines is 10. The summed E-state index contributed by atoms with van der Waals surface area (Å²) in [6.07, 6.45) is 2.45. The molecule has 4 aromatic carbocycles. The van der Waals surface area contributed by atoms with Gasteiger partial charge in [-0.15, -0.1) is 0 Å². The summed E-state index contributed by atoms with van der Waals surface area (Å²) < 4.78 is 73.1. The first-order valence-electron chi connectivity index (χ1n) is 17.9. The van der Waals surface area contributed by atoms with Gasteiger partial charge < -0.3 is 45.8 Å². The number of para-hydroxylation sites is 2. The van der Waals surface area contributed by atoms with Crippen molar-refractivity contribution in [3.05, 3.63) is 108 Å². The van der Waals surface area contributed by atoms with E-state index in [1.165, 1.54) is 36.4 Å². The maximum atomic E-state index is 12.6. The number of likely N-dealkylation sites (N-methyl/N-ethyl adjacent to an activating group) is 2. The Morgan fingerprint density at radius 1 is 0.574 bits per heavy atom. The molecule has 0 bridgehead atoms. The molecule has 0 aliphatic heterocycles. The Labute approximate surface area is 395 Å². The predicted octanol–water partition coefficient (Wildman–Crippen LogP) is 3.67. The molecule has 0 fully saturated rings. The third-order valence-electron chi connectivity index (χ3n) is 8.39. The molecule has 0 radical (unpaired) electrons. The molecule has 7 N–H and O–H groups in total. The van der Waals surface area contributed by atoms with Gasteiger partial charge in [0, 0.05) is 49.9 Å². The predicted molar refractivity (Wildman–Crippen MR) is 234 cm³/mol. The summed E-state index contributed by atoms with van der Waals surface area (Å²) in [5, 5.41) is 30.9. The summed E-state index contributed by atoms with van der Waals surface area (Å²) in [4.78, 5) is 28.3. The minimum atomic E-state index is -5.11. The second-order valence-corrected chi connectivity index (χ2v) is 15.6. The molecular formula is C38H41KN12O8S2. The van der Waals surface area contributed by atoms with Gasteiger partial charge in [0.15, 0.2) is 0 Å². The van der Waals surface area contributed by atoms with E-state index in [0.29, 0.717) is 11.4 Å². The summed E-state index contributed by atoms with van der Waals surface area (Å²) in [6.45, 7) is 0.0420. The van der Waals surface area contributed by atoms with Crippen molar-refractivity contribution in [2.45, 2.75) is 9.79 Å². The Bertz CT molecular complexity index is 2530. The van der Waals surface area contributed by atoms with Crippen LogP contribution in [0, 0.1) is 0 Å². The third-order valence-corrected chi connectivity index (χ3v) is 10.2. The van der Waals surface area contributed by atoms with E-state index in [0.717, 1.165) is 12.1 Å². The first-order chi connectivity index (χ1) is 28.7. The van der Waals surface area contributed by atoms with Crippen LogP contribution >= 0.6 is 0 Å². The fourth-order valence-electron chi connectivity index (χ4n) is 5.47. The summed E-state index contributed by atoms with van der Waals surface area (Å²) in [5.41, 5.74) is 1.49. The minimum absolute atomic E-state index is 0. The maximum absolute atomic E-state index is 12.6. The number of rotatable bonds is 18. The Morgan fingerprint density at radius 2 is 0.934 bits per heavy atom. The molecule has 0 saturated heterocycles. The summed E-state index contributed by atoms with van der Waals surface area (Å²) in [6, 6.07) is 25.9. The summed E-state index contributed by atoms with van der Waals surface area (Å²) in [5.74, 6) is 0.641. The van der Waals surface area contributed by atoms with Crippen LogP contribution in [0.15, 0.2) is 107 Å². The number of aliphatic hydroxyl groups is 2. The molecule has 0 spiro atoms. The molecule has 0 saturated carbocycles. The number of hydrogen-bond acceptors (Lipinski definition) is 19. The monoisotopic (exact) mass is 896 g/mol. The number of hydrogen-bond donors (Lipinski definition) is 7. The molecule has 0 aliphatic carbocycles. The first-order valence-corrected chi connectivity index (χ1v) is 20.8. The molecule has 0 aliphatic rings. The molecule has 6 rings (SSSR count). The molecule has 2 aromatic heterocycles. The van der Waals surface area contributed by atoms with Crippen LogP contribution in [0.3, 0.4) is 0 Å². The summed E-state index contributed by atoms with van der Waals surface area (Å²) in [7, 11) is -6.66. The van der Waals surface area contributed by atoms with Crippen molar-refractivity contribution in [2.75, 3.05) is 71.5 Å². The fraction of sp³-hybridized carbons (Fsp3) is 0.158. The zero-order valence-electron chi connectivity index (χ0n) is 33.0. The van der Waals surface area contributed by atoms with Crippen LogP contribution in [0.5, 0.6) is 0 Å². The van der Waals surface area contributed by atoms with Gasteiger partial charge in [-0.25, -0.2) is 8.42 Å². The zero-order chi connectivity index (χ0) is 42.9. The standard InChI is InChI=1S/C38H40N12O8S2.K.H/c1-49(19-21-51)37-45-33(39-27-9-5-3-6-10-27)43-35(47-37)41-29-17-15-25(31(23-29)59(53,54)55)13-14-26-16-18-30(24-32(26)60(56,57)58)42-36-44-34(40-28-11-7-4-8-12-28)46-38(48-36)50(2)20-22-52;;/h3-18,23-24,51-52H,19-22H2,1-2H3,(H,53,54,55)(H,56,57,58)(H2,39,41,43,45,47)(H2,40,42,44,46,48);;. The number of benzene rings is 4. The van der Waals surface area contributed by atoms with Gasteiger partial charge in [-0.1, -0.05) is 60.7 Å². The third kappa shape index (κ3) is 13.2. The van der Waals surface area contributed by atoms with Crippen molar-refractivity contribution in [1.82, 2.24) is 29.9 Å². The van der Waals surface area contributed by atoms with E-state index in [4.69, 9.17) is 0 Å². The van der Waals surface area contributed by atoms with Crippen molar-refractivity contribution in [3.63, 3.8) is 0 Å². The quantitative estimate of drug-likeness (QED) is 0.0368. The van der Waals surface area contributed by atoms with E-state index >= 15 is 0 Å². The van der Waals surface area contributed by atoms with E-state index in [1.807, 2.05) is 36.4 Å². The molecular weight excluding hydrogens is 856 g/mol. The topological polar surface area (TPSA) is 284 Å². The van der Waals surface area contributed by atoms with Crippen LogP contribution in [-0.2, 0) is 20.2 Å². The van der Waals surface area contributed by atoms with E-state index in [1.54, 1.807) is 48.2 Å². The van der Waals surface area contributed by atoms with Gasteiger partial charge in [0.2, 0.25) is 35.7 Å². The van der Waals surface area contributed by atoms with Gasteiger partial charge in [-0.2, -0.15) is 38.3 Å². The van der Waals surface area contributed by atoms with Crippen LogP contribution < -0.4 is 31.1 Å². The van der Waals surface area contributed by atoms with Crippen molar-refractivity contribution in [2.24, 2.45) is 0 Å².